The van der Waals surface area contributed by atoms with E-state index in [1.807, 2.05) is 18.2 Å². The van der Waals surface area contributed by atoms with E-state index in [2.05, 4.69) is 12.1 Å². The van der Waals surface area contributed by atoms with Crippen molar-refractivity contribution in [3.63, 3.8) is 0 Å². The molecule has 0 atom stereocenters. The van der Waals surface area contributed by atoms with Gasteiger partial charge in [-0.1, -0.05) is 30.3 Å². The minimum atomic E-state index is 0.209. The van der Waals surface area contributed by atoms with Gasteiger partial charge in [0.25, 0.3) is 0 Å². The Morgan fingerprint density at radius 1 is 0.824 bits per heavy atom. The first-order valence-corrected chi connectivity index (χ1v) is 6.24. The monoisotopic (exact) mass is 238 g/mol. The molecule has 1 N–H and O–H groups in total. The van der Waals surface area contributed by atoms with Crippen LogP contribution in [0, 0.1) is 0 Å². The molecular formula is C14H22O3. The van der Waals surface area contributed by atoms with Crippen molar-refractivity contribution in [1.82, 2.24) is 0 Å². The Balaban J connectivity index is 1.85. The van der Waals surface area contributed by atoms with Gasteiger partial charge in [-0.15, -0.1) is 0 Å². The molecule has 1 aromatic rings. The van der Waals surface area contributed by atoms with Gasteiger partial charge in [0.2, 0.25) is 0 Å². The maximum atomic E-state index is 8.55. The molecule has 0 radical (unpaired) electrons. The molecule has 0 bridgehead atoms. The molecule has 96 valence electrons. The summed E-state index contributed by atoms with van der Waals surface area (Å²) < 4.78 is 10.9. The first kappa shape index (κ1) is 14.2. The van der Waals surface area contributed by atoms with Gasteiger partial charge in [0.1, 0.15) is 0 Å². The second kappa shape index (κ2) is 10.3. The van der Waals surface area contributed by atoms with E-state index in [1.165, 1.54) is 5.56 Å². The third-order valence-electron chi connectivity index (χ3n) is 2.39. The van der Waals surface area contributed by atoms with Crippen molar-refractivity contribution < 1.29 is 14.6 Å². The van der Waals surface area contributed by atoms with Gasteiger partial charge >= 0.3 is 0 Å². The number of benzene rings is 1. The van der Waals surface area contributed by atoms with Gasteiger partial charge in [0, 0.05) is 26.4 Å². The molecule has 0 aliphatic carbocycles. The average Bonchev–Trinajstić information content (AvgIpc) is 2.38. The van der Waals surface area contributed by atoms with E-state index in [0.717, 1.165) is 32.5 Å². The van der Waals surface area contributed by atoms with Crippen LogP contribution < -0.4 is 0 Å². The highest BCUT2D eigenvalue weighted by Gasteiger charge is 1.93. The van der Waals surface area contributed by atoms with Crippen LogP contribution in [0.15, 0.2) is 30.3 Å². The second-order valence-electron chi connectivity index (χ2n) is 3.93. The minimum absolute atomic E-state index is 0.209. The van der Waals surface area contributed by atoms with Gasteiger partial charge in [0.05, 0.1) is 6.61 Å². The van der Waals surface area contributed by atoms with Crippen molar-refractivity contribution in [3.05, 3.63) is 35.9 Å². The van der Waals surface area contributed by atoms with Gasteiger partial charge in [-0.25, -0.2) is 0 Å². The number of hydrogen-bond acceptors (Lipinski definition) is 3. The summed E-state index contributed by atoms with van der Waals surface area (Å²) in [6.07, 6.45) is 2.76. The van der Waals surface area contributed by atoms with E-state index in [0.29, 0.717) is 13.2 Å². The quantitative estimate of drug-likeness (QED) is 0.636. The topological polar surface area (TPSA) is 38.7 Å². The Bertz CT molecular complexity index is 261. The third kappa shape index (κ3) is 7.91. The lowest BCUT2D eigenvalue weighted by atomic mass is 10.2. The Labute approximate surface area is 103 Å². The maximum Gasteiger partial charge on any atom is 0.0716 e. The van der Waals surface area contributed by atoms with Crippen LogP contribution >= 0.6 is 0 Å². The summed E-state index contributed by atoms with van der Waals surface area (Å²) in [5, 5.41) is 8.55. The van der Waals surface area contributed by atoms with Crippen molar-refractivity contribution in [2.75, 3.05) is 26.4 Å². The van der Waals surface area contributed by atoms with Crippen LogP contribution in [0.4, 0.5) is 0 Å². The van der Waals surface area contributed by atoms with Gasteiger partial charge in [0.15, 0.2) is 0 Å². The van der Waals surface area contributed by atoms with Crippen LogP contribution in [0.3, 0.4) is 0 Å². The Hall–Kier alpha value is -0.900. The zero-order valence-corrected chi connectivity index (χ0v) is 10.3. The van der Waals surface area contributed by atoms with Crippen LogP contribution in [-0.4, -0.2) is 31.5 Å². The molecule has 0 aliphatic heterocycles. The van der Waals surface area contributed by atoms with Crippen molar-refractivity contribution in [1.29, 1.82) is 0 Å². The first-order chi connectivity index (χ1) is 8.43. The Morgan fingerprint density at radius 3 is 2.18 bits per heavy atom. The highest BCUT2D eigenvalue weighted by Crippen LogP contribution is 2.01. The number of hydrogen-bond donors (Lipinski definition) is 1. The fourth-order valence-corrected chi connectivity index (χ4v) is 1.44. The van der Waals surface area contributed by atoms with E-state index >= 15 is 0 Å². The maximum absolute atomic E-state index is 8.55. The van der Waals surface area contributed by atoms with E-state index in [1.54, 1.807) is 0 Å². The fraction of sp³-hybridized carbons (Fsp3) is 0.571. The summed E-state index contributed by atoms with van der Waals surface area (Å²) in [4.78, 5) is 0. The number of aliphatic hydroxyl groups is 1. The van der Waals surface area contributed by atoms with E-state index in [4.69, 9.17) is 14.6 Å². The molecule has 1 aromatic carbocycles. The molecule has 0 aromatic heterocycles. The minimum Gasteiger partial charge on any atom is -0.396 e. The lowest BCUT2D eigenvalue weighted by Gasteiger charge is -2.05. The molecule has 0 aliphatic rings. The smallest absolute Gasteiger partial charge is 0.0716 e. The number of aliphatic hydroxyl groups excluding tert-OH is 1. The number of rotatable bonds is 10. The van der Waals surface area contributed by atoms with Crippen LogP contribution in [0.1, 0.15) is 24.8 Å². The van der Waals surface area contributed by atoms with Gasteiger partial charge in [-0.3, -0.25) is 0 Å². The summed E-state index contributed by atoms with van der Waals surface area (Å²) in [5.41, 5.74) is 1.21. The summed E-state index contributed by atoms with van der Waals surface area (Å²) in [7, 11) is 0. The predicted octanol–water partition coefficient (Wildman–Crippen LogP) is 2.38. The molecule has 0 spiro atoms. The van der Waals surface area contributed by atoms with Gasteiger partial charge in [-0.05, 0) is 24.8 Å². The zero-order valence-electron chi connectivity index (χ0n) is 10.3. The molecule has 0 unspecified atom stereocenters. The van der Waals surface area contributed by atoms with Crippen molar-refractivity contribution in [2.24, 2.45) is 0 Å². The van der Waals surface area contributed by atoms with E-state index < -0.39 is 0 Å². The van der Waals surface area contributed by atoms with Gasteiger partial charge < -0.3 is 14.6 Å². The molecule has 0 fully saturated rings. The SMILES string of the molecule is OCCCOCCCCOCc1ccccc1. The molecule has 1 rings (SSSR count). The normalized spacial score (nSPS) is 10.6. The molecule has 17 heavy (non-hydrogen) atoms. The van der Waals surface area contributed by atoms with E-state index in [-0.39, 0.29) is 6.61 Å². The standard InChI is InChI=1S/C14H22O3/c15-9-6-12-16-10-4-5-11-17-13-14-7-2-1-3-8-14/h1-3,7-8,15H,4-6,9-13H2. The van der Waals surface area contributed by atoms with Crippen LogP contribution in [0.2, 0.25) is 0 Å². The molecule has 0 amide bonds. The summed E-state index contributed by atoms with van der Waals surface area (Å²) in [6, 6.07) is 10.2. The third-order valence-corrected chi connectivity index (χ3v) is 2.39. The number of ether oxygens (including phenoxy) is 2. The molecule has 3 heteroatoms. The molecular weight excluding hydrogens is 216 g/mol. The summed E-state index contributed by atoms with van der Waals surface area (Å²) >= 11 is 0. The highest BCUT2D eigenvalue weighted by atomic mass is 16.5. The average molecular weight is 238 g/mol. The summed E-state index contributed by atoms with van der Waals surface area (Å²) in [6.45, 7) is 3.08. The molecule has 0 saturated carbocycles. The zero-order chi connectivity index (χ0) is 12.2. The Morgan fingerprint density at radius 2 is 1.47 bits per heavy atom. The second-order valence-corrected chi connectivity index (χ2v) is 3.93. The first-order valence-electron chi connectivity index (χ1n) is 6.24. The van der Waals surface area contributed by atoms with Crippen LogP contribution in [0.25, 0.3) is 0 Å². The largest absolute Gasteiger partial charge is 0.396 e. The molecule has 3 nitrogen and oxygen atoms in total. The van der Waals surface area contributed by atoms with Crippen molar-refractivity contribution >= 4 is 0 Å². The van der Waals surface area contributed by atoms with Crippen LogP contribution in [0.5, 0.6) is 0 Å². The molecule has 0 heterocycles. The van der Waals surface area contributed by atoms with Crippen molar-refractivity contribution in [3.8, 4) is 0 Å². The highest BCUT2D eigenvalue weighted by molar-refractivity contribution is 5.13. The number of unbranched alkanes of at least 4 members (excludes halogenated alkanes) is 1. The molecule has 0 saturated heterocycles. The lowest BCUT2D eigenvalue weighted by molar-refractivity contribution is 0.0894. The Kier molecular flexibility index (Phi) is 8.55. The van der Waals surface area contributed by atoms with Crippen molar-refractivity contribution in [2.45, 2.75) is 25.9 Å². The lowest BCUT2D eigenvalue weighted by Crippen LogP contribution is -2.01. The van der Waals surface area contributed by atoms with Gasteiger partial charge in [-0.2, -0.15) is 0 Å². The van der Waals surface area contributed by atoms with Crippen LogP contribution in [-0.2, 0) is 16.1 Å². The fourth-order valence-electron chi connectivity index (χ4n) is 1.44. The summed E-state index contributed by atoms with van der Waals surface area (Å²) in [5.74, 6) is 0. The predicted molar refractivity (Wildman–Crippen MR) is 67.9 cm³/mol. The van der Waals surface area contributed by atoms with E-state index in [9.17, 15) is 0 Å².